The Morgan fingerprint density at radius 3 is 2.65 bits per heavy atom. The lowest BCUT2D eigenvalue weighted by Gasteiger charge is -2.19. The molecule has 1 N–H and O–H groups in total. The van der Waals surface area contributed by atoms with E-state index in [1.54, 1.807) is 6.20 Å². The number of nitrogens with one attached hydrogen (secondary N) is 1. The van der Waals surface area contributed by atoms with Crippen LogP contribution in [-0.4, -0.2) is 38.0 Å². The van der Waals surface area contributed by atoms with Crippen molar-refractivity contribution in [2.24, 2.45) is 5.92 Å². The third-order valence-corrected chi connectivity index (χ3v) is 6.16. The first-order valence-electron chi connectivity index (χ1n) is 12.8. The van der Waals surface area contributed by atoms with Gasteiger partial charge >= 0.3 is 6.09 Å². The zero-order chi connectivity index (χ0) is 26.3. The Kier molecular flexibility index (Phi) is 8.44. The minimum atomic E-state index is -0.535. The average Bonchev–Trinajstić information content (AvgIpc) is 3.51. The lowest BCUT2D eigenvalue weighted by molar-refractivity contribution is 0.0535. The summed E-state index contributed by atoms with van der Waals surface area (Å²) < 4.78 is 13.4. The third kappa shape index (κ3) is 7.56. The van der Waals surface area contributed by atoms with E-state index in [1.807, 2.05) is 64.2 Å². The van der Waals surface area contributed by atoms with Crippen LogP contribution in [0.3, 0.4) is 0 Å². The Hall–Kier alpha value is -3.86. The van der Waals surface area contributed by atoms with Crippen LogP contribution in [0.4, 0.5) is 4.79 Å². The Morgan fingerprint density at radius 1 is 1.16 bits per heavy atom. The van der Waals surface area contributed by atoms with Crippen molar-refractivity contribution >= 4 is 6.09 Å². The number of alkyl carbamates (subject to hydrolysis) is 1. The largest absolute Gasteiger partial charge is 0.486 e. The molecule has 1 aliphatic rings. The molecule has 37 heavy (non-hydrogen) atoms. The van der Waals surface area contributed by atoms with Gasteiger partial charge in [-0.2, -0.15) is 0 Å². The number of nitrogens with zero attached hydrogens (tertiary/aromatic N) is 4. The molecule has 0 aliphatic heterocycles. The molecule has 0 atom stereocenters. The lowest BCUT2D eigenvalue weighted by atomic mass is 10.0. The second kappa shape index (κ2) is 11.9. The van der Waals surface area contributed by atoms with Crippen molar-refractivity contribution in [2.75, 3.05) is 6.54 Å². The van der Waals surface area contributed by atoms with Gasteiger partial charge in [-0.25, -0.2) is 4.79 Å². The van der Waals surface area contributed by atoms with E-state index >= 15 is 0 Å². The highest BCUT2D eigenvalue weighted by Crippen LogP contribution is 2.28. The minimum Gasteiger partial charge on any atom is -0.486 e. The molecule has 2 aromatic heterocycles. The van der Waals surface area contributed by atoms with Gasteiger partial charge in [-0.15, -0.1) is 10.2 Å². The van der Waals surface area contributed by atoms with Crippen LogP contribution in [0.1, 0.15) is 69.2 Å². The number of pyridine rings is 1. The highest BCUT2D eigenvalue weighted by Gasteiger charge is 2.21. The summed E-state index contributed by atoms with van der Waals surface area (Å²) in [6.07, 6.45) is 9.12. The number of carbonyl (C=O) groups excluding carboxylic acids is 1. The van der Waals surface area contributed by atoms with Gasteiger partial charge in [0.25, 0.3) is 0 Å². The van der Waals surface area contributed by atoms with Gasteiger partial charge in [0.05, 0.1) is 18.4 Å². The maximum Gasteiger partial charge on any atom is 0.408 e. The van der Waals surface area contributed by atoms with Crippen LogP contribution in [0.2, 0.25) is 0 Å². The summed E-state index contributed by atoms with van der Waals surface area (Å²) in [6.45, 7) is 7.95. The fourth-order valence-corrected chi connectivity index (χ4v) is 4.42. The van der Waals surface area contributed by atoms with Crippen molar-refractivity contribution in [1.82, 2.24) is 25.1 Å². The van der Waals surface area contributed by atoms with Gasteiger partial charge in [0, 0.05) is 18.2 Å². The second-order valence-corrected chi connectivity index (χ2v) is 10.4. The van der Waals surface area contributed by atoms with Crippen LogP contribution in [0.15, 0.2) is 42.7 Å². The smallest absolute Gasteiger partial charge is 0.408 e. The van der Waals surface area contributed by atoms with Gasteiger partial charge < -0.3 is 14.8 Å². The van der Waals surface area contributed by atoms with Crippen LogP contribution in [-0.2, 0) is 17.8 Å². The molecular formula is C29H35N5O3. The summed E-state index contributed by atoms with van der Waals surface area (Å²) in [5, 5.41) is 11.6. The normalized spacial score (nSPS) is 13.6. The van der Waals surface area contributed by atoms with Crippen LogP contribution >= 0.6 is 0 Å². The van der Waals surface area contributed by atoms with E-state index in [4.69, 9.17) is 9.47 Å². The first-order valence-corrected chi connectivity index (χ1v) is 12.8. The Balaban J connectivity index is 1.40. The van der Waals surface area contributed by atoms with Crippen molar-refractivity contribution in [3.05, 3.63) is 65.5 Å². The van der Waals surface area contributed by atoms with E-state index < -0.39 is 11.7 Å². The SMILES string of the molecule is Cc1cc(OCc2nnc(CC3CCCC3)n2-c2cccnc2)ccc1C#CCNC(=O)OC(C)(C)C. The average molecular weight is 502 g/mol. The van der Waals surface area contributed by atoms with Gasteiger partial charge in [0.15, 0.2) is 5.82 Å². The maximum atomic E-state index is 11.7. The van der Waals surface area contributed by atoms with E-state index in [1.165, 1.54) is 25.7 Å². The van der Waals surface area contributed by atoms with Crippen molar-refractivity contribution in [3.8, 4) is 23.3 Å². The number of aromatic nitrogens is 4. The number of ether oxygens (including phenoxy) is 2. The van der Waals surface area contributed by atoms with Gasteiger partial charge in [-0.3, -0.25) is 9.55 Å². The van der Waals surface area contributed by atoms with E-state index in [-0.39, 0.29) is 13.2 Å². The second-order valence-electron chi connectivity index (χ2n) is 10.4. The van der Waals surface area contributed by atoms with Gasteiger partial charge in [-0.1, -0.05) is 37.5 Å². The zero-order valence-electron chi connectivity index (χ0n) is 22.1. The van der Waals surface area contributed by atoms with Crippen molar-refractivity contribution in [1.29, 1.82) is 0 Å². The van der Waals surface area contributed by atoms with Crippen LogP contribution < -0.4 is 10.1 Å². The first-order chi connectivity index (χ1) is 17.8. The molecule has 1 aromatic carbocycles. The van der Waals surface area contributed by atoms with Crippen LogP contribution in [0, 0.1) is 24.7 Å². The van der Waals surface area contributed by atoms with Gasteiger partial charge in [-0.05, 0) is 69.5 Å². The Bertz CT molecular complexity index is 1260. The molecule has 1 aliphatic carbocycles. The topological polar surface area (TPSA) is 91.2 Å². The molecule has 1 saturated carbocycles. The predicted octanol–water partition coefficient (Wildman–Crippen LogP) is 5.16. The molecular weight excluding hydrogens is 466 g/mol. The molecule has 0 bridgehead atoms. The summed E-state index contributed by atoms with van der Waals surface area (Å²) in [5.41, 5.74) is 2.27. The quantitative estimate of drug-likeness (QED) is 0.450. The summed E-state index contributed by atoms with van der Waals surface area (Å²) in [4.78, 5) is 16.0. The summed E-state index contributed by atoms with van der Waals surface area (Å²) >= 11 is 0. The number of hydrogen-bond donors (Lipinski definition) is 1. The minimum absolute atomic E-state index is 0.208. The molecule has 0 radical (unpaired) electrons. The first kappa shape index (κ1) is 26.2. The van der Waals surface area contributed by atoms with Crippen molar-refractivity contribution < 1.29 is 14.3 Å². The summed E-state index contributed by atoms with van der Waals surface area (Å²) in [5.74, 6) is 9.15. The predicted molar refractivity (Wildman–Crippen MR) is 141 cm³/mol. The van der Waals surface area contributed by atoms with Gasteiger partial charge in [0.2, 0.25) is 0 Å². The molecule has 0 unspecified atom stereocenters. The highest BCUT2D eigenvalue weighted by atomic mass is 16.6. The molecule has 3 aromatic rings. The number of hydrogen-bond acceptors (Lipinski definition) is 6. The molecule has 194 valence electrons. The van der Waals surface area contributed by atoms with Crippen LogP contribution in [0.5, 0.6) is 5.75 Å². The van der Waals surface area contributed by atoms with Gasteiger partial charge in [0.1, 0.15) is 23.8 Å². The summed E-state index contributed by atoms with van der Waals surface area (Å²) in [6, 6.07) is 9.71. The monoisotopic (exact) mass is 501 g/mol. The zero-order valence-corrected chi connectivity index (χ0v) is 22.1. The van der Waals surface area contributed by atoms with E-state index in [9.17, 15) is 4.79 Å². The fourth-order valence-electron chi connectivity index (χ4n) is 4.42. The van der Waals surface area contributed by atoms with Crippen LogP contribution in [0.25, 0.3) is 5.69 Å². The lowest BCUT2D eigenvalue weighted by Crippen LogP contribution is -2.32. The highest BCUT2D eigenvalue weighted by molar-refractivity contribution is 5.68. The molecule has 0 spiro atoms. The van der Waals surface area contributed by atoms with Crippen molar-refractivity contribution in [3.63, 3.8) is 0 Å². The Labute approximate surface area is 218 Å². The standard InChI is InChI=1S/C29H35N5O3/c1-21-17-25(14-13-23(21)11-7-16-31-28(35)37-29(2,3)4)36-20-27-33-32-26(18-22-9-5-6-10-22)34(27)24-12-8-15-30-19-24/h8,12-15,17,19,22H,5-6,9-10,16,18,20H2,1-4H3,(H,31,35). The molecule has 4 rings (SSSR count). The fraction of sp³-hybridized carbons (Fsp3) is 0.448. The number of amides is 1. The number of benzene rings is 1. The molecule has 2 heterocycles. The molecule has 8 nitrogen and oxygen atoms in total. The number of carbonyl (C=O) groups is 1. The van der Waals surface area contributed by atoms with E-state index in [0.29, 0.717) is 5.92 Å². The molecule has 8 heteroatoms. The molecule has 1 fully saturated rings. The van der Waals surface area contributed by atoms with E-state index in [2.05, 4.69) is 36.9 Å². The molecule has 1 amide bonds. The molecule has 0 saturated heterocycles. The number of rotatable bonds is 7. The summed E-state index contributed by atoms with van der Waals surface area (Å²) in [7, 11) is 0. The third-order valence-electron chi connectivity index (χ3n) is 6.16. The number of aryl methyl sites for hydroxylation is 1. The maximum absolute atomic E-state index is 11.7. The van der Waals surface area contributed by atoms with E-state index in [0.717, 1.165) is 40.6 Å². The van der Waals surface area contributed by atoms with Crippen molar-refractivity contribution in [2.45, 2.75) is 72.0 Å². The Morgan fingerprint density at radius 2 is 1.95 bits per heavy atom.